The largest absolute Gasteiger partial charge is 2.00 e. The number of carboxylic acid groups (broad SMARTS) is 2. The second-order valence-electron chi connectivity index (χ2n) is 2.50. The topological polar surface area (TPSA) is 114 Å². The second-order valence-corrected chi connectivity index (χ2v) is 2.50. The number of carboxylic acids is 2. The van der Waals surface area contributed by atoms with Gasteiger partial charge in [0, 0.05) is 24.8 Å². The molecule has 0 rings (SSSR count). The molecule has 0 aromatic heterocycles. The Bertz CT molecular complexity index is 198. The van der Waals surface area contributed by atoms with E-state index in [1.807, 2.05) is 0 Å². The van der Waals surface area contributed by atoms with Crippen LogP contribution in [0.2, 0.25) is 0 Å². The summed E-state index contributed by atoms with van der Waals surface area (Å²) in [6.45, 7) is 2.41. The van der Waals surface area contributed by atoms with Crippen LogP contribution in [0.1, 0.15) is 26.7 Å². The third kappa shape index (κ3) is 31.7. The molecule has 0 saturated carbocycles. The van der Waals surface area contributed by atoms with Crippen LogP contribution >= 0.6 is 0 Å². The molecule has 0 aliphatic rings. The summed E-state index contributed by atoms with van der Waals surface area (Å²) < 4.78 is 0. The van der Waals surface area contributed by atoms with Gasteiger partial charge in [-0.25, -0.2) is 0 Å². The van der Waals surface area contributed by atoms with Gasteiger partial charge in [-0.05, 0) is 13.8 Å². The summed E-state index contributed by atoms with van der Waals surface area (Å²) in [5.41, 5.74) is 0. The van der Waals surface area contributed by atoms with E-state index in [0.717, 1.165) is 0 Å². The van der Waals surface area contributed by atoms with E-state index >= 15 is 0 Å². The van der Waals surface area contributed by atoms with Gasteiger partial charge in [0.15, 0.2) is 0 Å². The summed E-state index contributed by atoms with van der Waals surface area (Å²) in [7, 11) is 0. The quantitative estimate of drug-likeness (QED) is 0.384. The molecule has 0 N–H and O–H groups in total. The SMILES string of the molecule is CC(=O)CC(=O)[O-].CC(=O)CC(=O)[O-].[Ca+2]. The predicted octanol–water partition coefficient (Wildman–Crippen LogP) is -2.95. The number of carbonyl (C=O) groups is 4. The first-order valence-corrected chi connectivity index (χ1v) is 3.64. The van der Waals surface area contributed by atoms with Gasteiger partial charge in [-0.1, -0.05) is 0 Å². The van der Waals surface area contributed by atoms with Crippen molar-refractivity contribution in [3.8, 4) is 0 Å². The Balaban J connectivity index is -0.000000180. The smallest absolute Gasteiger partial charge is 0.550 e. The molecular formula is C8H10CaO6. The molecule has 7 heteroatoms. The third-order valence-electron chi connectivity index (χ3n) is 0.787. The van der Waals surface area contributed by atoms with Crippen LogP contribution in [0.15, 0.2) is 0 Å². The van der Waals surface area contributed by atoms with E-state index in [4.69, 9.17) is 0 Å². The zero-order valence-electron chi connectivity index (χ0n) is 8.57. The molecule has 0 aliphatic carbocycles. The molecule has 0 bridgehead atoms. The number of hydrogen-bond acceptors (Lipinski definition) is 6. The first kappa shape index (κ1) is 20.0. The van der Waals surface area contributed by atoms with Gasteiger partial charge < -0.3 is 19.8 Å². The molecule has 0 atom stereocenters. The Hall–Kier alpha value is -0.460. The molecule has 0 unspecified atom stereocenters. The van der Waals surface area contributed by atoms with Gasteiger partial charge in [0.05, 0.1) is 0 Å². The predicted molar refractivity (Wildman–Crippen MR) is 46.4 cm³/mol. The summed E-state index contributed by atoms with van der Waals surface area (Å²) in [6.07, 6.45) is -0.944. The molecule has 0 radical (unpaired) electrons. The molecule has 0 aliphatic heterocycles. The minimum atomic E-state index is -1.31. The van der Waals surface area contributed by atoms with Gasteiger partial charge in [0.1, 0.15) is 11.6 Å². The standard InChI is InChI=1S/2C4H6O3.Ca/c2*1-3(5)2-4(6)7;/h2*2H2,1H3,(H,6,7);/q;;+2/p-2. The van der Waals surface area contributed by atoms with Crippen molar-refractivity contribution in [2.24, 2.45) is 0 Å². The minimum absolute atomic E-state index is 0. The monoisotopic (exact) mass is 242 g/mol. The van der Waals surface area contributed by atoms with Crippen LogP contribution in [0.25, 0.3) is 0 Å². The van der Waals surface area contributed by atoms with Crippen LogP contribution < -0.4 is 10.2 Å². The average molecular weight is 242 g/mol. The molecule has 0 heterocycles. The fourth-order valence-corrected chi connectivity index (χ4v) is 0.407. The van der Waals surface area contributed by atoms with Gasteiger partial charge in [0.2, 0.25) is 0 Å². The third-order valence-corrected chi connectivity index (χ3v) is 0.787. The van der Waals surface area contributed by atoms with Crippen molar-refractivity contribution in [1.82, 2.24) is 0 Å². The van der Waals surface area contributed by atoms with Crippen LogP contribution in [0, 0.1) is 0 Å². The van der Waals surface area contributed by atoms with Crippen LogP contribution in [-0.2, 0) is 19.2 Å². The van der Waals surface area contributed by atoms with E-state index in [2.05, 4.69) is 0 Å². The van der Waals surface area contributed by atoms with Gasteiger partial charge >= 0.3 is 37.7 Å². The van der Waals surface area contributed by atoms with Crippen LogP contribution in [0.3, 0.4) is 0 Å². The van der Waals surface area contributed by atoms with Crippen molar-refractivity contribution < 1.29 is 29.4 Å². The van der Waals surface area contributed by atoms with Crippen molar-refractivity contribution in [3.63, 3.8) is 0 Å². The van der Waals surface area contributed by atoms with Crippen molar-refractivity contribution in [1.29, 1.82) is 0 Å². The summed E-state index contributed by atoms with van der Waals surface area (Å²) in [5.74, 6) is -3.37. The Labute approximate surface area is 117 Å². The molecule has 80 valence electrons. The van der Waals surface area contributed by atoms with E-state index < -0.39 is 24.8 Å². The van der Waals surface area contributed by atoms with Crippen molar-refractivity contribution in [2.75, 3.05) is 0 Å². The number of carbonyl (C=O) groups excluding carboxylic acids is 4. The summed E-state index contributed by atoms with van der Waals surface area (Å²) >= 11 is 0. The van der Waals surface area contributed by atoms with E-state index in [0.29, 0.717) is 0 Å². The maximum Gasteiger partial charge on any atom is 2.00 e. The molecule has 6 nitrogen and oxygen atoms in total. The Morgan fingerprint density at radius 2 is 1.00 bits per heavy atom. The fourth-order valence-electron chi connectivity index (χ4n) is 0.407. The molecule has 0 spiro atoms. The van der Waals surface area contributed by atoms with E-state index in [-0.39, 0.29) is 49.3 Å². The van der Waals surface area contributed by atoms with Crippen molar-refractivity contribution >= 4 is 61.2 Å². The molecule has 0 amide bonds. The van der Waals surface area contributed by atoms with E-state index in [9.17, 15) is 29.4 Å². The summed E-state index contributed by atoms with van der Waals surface area (Å²) in [6, 6.07) is 0. The number of rotatable bonds is 4. The summed E-state index contributed by atoms with van der Waals surface area (Å²) in [5, 5.41) is 19.0. The average Bonchev–Trinajstić information content (AvgIpc) is 1.79. The molecule has 15 heavy (non-hydrogen) atoms. The van der Waals surface area contributed by atoms with Crippen LogP contribution in [-0.4, -0.2) is 61.2 Å². The maximum absolute atomic E-state index is 9.83. The van der Waals surface area contributed by atoms with Gasteiger partial charge in [-0.15, -0.1) is 0 Å². The molecule has 0 aromatic rings. The van der Waals surface area contributed by atoms with Crippen LogP contribution in [0.4, 0.5) is 0 Å². The van der Waals surface area contributed by atoms with Gasteiger partial charge in [0.25, 0.3) is 0 Å². The number of aliphatic carboxylic acids is 2. The van der Waals surface area contributed by atoms with E-state index in [1.165, 1.54) is 13.8 Å². The fraction of sp³-hybridized carbons (Fsp3) is 0.500. The Morgan fingerprint density at radius 3 is 1.00 bits per heavy atom. The van der Waals surface area contributed by atoms with Gasteiger partial charge in [-0.3, -0.25) is 9.59 Å². The second kappa shape index (κ2) is 11.6. The number of ketones is 2. The normalized spacial score (nSPS) is 7.60. The van der Waals surface area contributed by atoms with Crippen molar-refractivity contribution in [2.45, 2.75) is 26.7 Å². The molecular weight excluding hydrogens is 232 g/mol. The first-order chi connectivity index (χ1) is 6.25. The van der Waals surface area contributed by atoms with Crippen molar-refractivity contribution in [3.05, 3.63) is 0 Å². The van der Waals surface area contributed by atoms with Gasteiger partial charge in [-0.2, -0.15) is 0 Å². The van der Waals surface area contributed by atoms with Crippen LogP contribution in [0.5, 0.6) is 0 Å². The maximum atomic E-state index is 9.83. The number of hydrogen-bond donors (Lipinski definition) is 0. The first-order valence-electron chi connectivity index (χ1n) is 3.64. The zero-order valence-corrected chi connectivity index (χ0v) is 10.8. The molecule has 0 fully saturated rings. The van der Waals surface area contributed by atoms with E-state index in [1.54, 1.807) is 0 Å². The Kier molecular flexibility index (Phi) is 15.5. The molecule has 0 saturated heterocycles. The number of Topliss-reactive ketones (excluding diaryl/α,β-unsaturated/α-hetero) is 2. The Morgan fingerprint density at radius 1 is 0.800 bits per heavy atom. The summed E-state index contributed by atoms with van der Waals surface area (Å²) in [4.78, 5) is 38.6. The minimum Gasteiger partial charge on any atom is -0.550 e. The zero-order chi connectivity index (χ0) is 11.7. The molecule has 0 aromatic carbocycles.